The van der Waals surface area contributed by atoms with Crippen LogP contribution in [0.25, 0.3) is 110 Å². The molecule has 222 valence electrons. The quantitative estimate of drug-likeness (QED) is 0.147. The number of benzene rings is 9. The van der Waals surface area contributed by atoms with Gasteiger partial charge in [-0.2, -0.15) is 0 Å². The minimum atomic E-state index is 0.914. The summed E-state index contributed by atoms with van der Waals surface area (Å²) in [5, 5.41) is 12.1. The van der Waals surface area contributed by atoms with Gasteiger partial charge in [0.15, 0.2) is 0 Å². The average Bonchev–Trinajstić information content (AvgIpc) is 3.72. The Hall–Kier alpha value is -6.38. The molecule has 0 unspecified atom stereocenters. The number of rotatable bonds is 3. The summed E-state index contributed by atoms with van der Waals surface area (Å²) in [6.07, 6.45) is 0. The van der Waals surface area contributed by atoms with Crippen molar-refractivity contribution < 1.29 is 8.83 Å². The molecule has 2 aromatic heterocycles. The lowest BCUT2D eigenvalue weighted by molar-refractivity contribution is 0.669. The van der Waals surface area contributed by atoms with Crippen LogP contribution in [0.5, 0.6) is 0 Å². The van der Waals surface area contributed by atoms with Crippen molar-refractivity contribution in [2.24, 2.45) is 0 Å². The molecule has 11 rings (SSSR count). The van der Waals surface area contributed by atoms with Crippen molar-refractivity contribution in [3.63, 3.8) is 0 Å². The lowest BCUT2D eigenvalue weighted by atomic mass is 9.83. The minimum absolute atomic E-state index is 0.914. The molecule has 2 nitrogen and oxygen atoms in total. The third-order valence-electron chi connectivity index (χ3n) is 10.2. The van der Waals surface area contributed by atoms with E-state index >= 15 is 0 Å². The van der Waals surface area contributed by atoms with E-state index in [0.717, 1.165) is 44.2 Å². The van der Waals surface area contributed by atoms with Crippen molar-refractivity contribution in [1.82, 2.24) is 0 Å². The van der Waals surface area contributed by atoms with E-state index in [1.165, 1.54) is 65.3 Å². The zero-order valence-corrected chi connectivity index (χ0v) is 25.8. The fourth-order valence-electron chi connectivity index (χ4n) is 8.14. The molecule has 0 amide bonds. The number of hydrogen-bond donors (Lipinski definition) is 0. The zero-order valence-electron chi connectivity index (χ0n) is 25.8. The van der Waals surface area contributed by atoms with Gasteiger partial charge in [0.05, 0.1) is 0 Å². The summed E-state index contributed by atoms with van der Waals surface area (Å²) in [6.45, 7) is 0. The molecule has 48 heavy (non-hydrogen) atoms. The number of para-hydroxylation sites is 1. The van der Waals surface area contributed by atoms with Crippen LogP contribution in [-0.4, -0.2) is 0 Å². The molecule has 0 spiro atoms. The Morgan fingerprint density at radius 1 is 0.292 bits per heavy atom. The molecule has 0 aliphatic rings. The van der Waals surface area contributed by atoms with Crippen LogP contribution in [0, 0.1) is 0 Å². The molecule has 0 aliphatic carbocycles. The van der Waals surface area contributed by atoms with Crippen LogP contribution in [0.15, 0.2) is 167 Å². The van der Waals surface area contributed by atoms with Gasteiger partial charge >= 0.3 is 0 Å². The van der Waals surface area contributed by atoms with Crippen LogP contribution in [0.2, 0.25) is 0 Å². The normalized spacial score (nSPS) is 12.2. The first-order chi connectivity index (χ1) is 23.8. The van der Waals surface area contributed by atoms with E-state index in [-0.39, 0.29) is 0 Å². The van der Waals surface area contributed by atoms with Gasteiger partial charge in [0, 0.05) is 21.5 Å². The van der Waals surface area contributed by atoms with E-state index in [2.05, 4.69) is 146 Å². The van der Waals surface area contributed by atoms with Crippen LogP contribution >= 0.6 is 0 Å². The van der Waals surface area contributed by atoms with Gasteiger partial charge in [-0.05, 0) is 102 Å². The summed E-state index contributed by atoms with van der Waals surface area (Å²) in [7, 11) is 0. The molecule has 0 bridgehead atoms. The predicted molar refractivity (Wildman–Crippen MR) is 201 cm³/mol. The summed E-state index contributed by atoms with van der Waals surface area (Å²) in [5.74, 6) is 0. The first-order valence-electron chi connectivity index (χ1n) is 16.4. The van der Waals surface area contributed by atoms with Crippen molar-refractivity contribution >= 4 is 76.2 Å². The number of fused-ring (bicyclic) bond motifs is 5. The molecular weight excluding hydrogens is 585 g/mol. The lowest BCUT2D eigenvalue weighted by Crippen LogP contribution is -1.92. The van der Waals surface area contributed by atoms with E-state index < -0.39 is 0 Å². The molecule has 0 saturated heterocycles. The summed E-state index contributed by atoms with van der Waals surface area (Å²) < 4.78 is 12.5. The lowest BCUT2D eigenvalue weighted by Gasteiger charge is -2.19. The van der Waals surface area contributed by atoms with Crippen LogP contribution in [0.3, 0.4) is 0 Å². The minimum Gasteiger partial charge on any atom is -0.456 e. The largest absolute Gasteiger partial charge is 0.456 e. The van der Waals surface area contributed by atoms with Crippen LogP contribution in [0.4, 0.5) is 0 Å². The van der Waals surface area contributed by atoms with E-state index in [1.807, 2.05) is 12.1 Å². The van der Waals surface area contributed by atoms with Gasteiger partial charge in [-0.15, -0.1) is 0 Å². The Kier molecular flexibility index (Phi) is 5.14. The first-order valence-corrected chi connectivity index (χ1v) is 16.4. The fraction of sp³-hybridized carbons (Fsp3) is 0. The Bertz CT molecular complexity index is 2990. The van der Waals surface area contributed by atoms with Crippen molar-refractivity contribution in [1.29, 1.82) is 0 Å². The van der Waals surface area contributed by atoms with Gasteiger partial charge in [0.25, 0.3) is 0 Å². The summed E-state index contributed by atoms with van der Waals surface area (Å²) in [6, 6.07) is 56.7. The highest BCUT2D eigenvalue weighted by Crippen LogP contribution is 2.48. The standard InChI is InChI=1S/C46H26O2/c1-3-13-35-33(11-1)43(28-21-19-27(20-22-28)29-23-24-32-31-10-5-6-16-39(31)47-42(32)26-29)34-12-2-4-14-36(34)45(35)38-25-30-9-7-17-40-44(30)46-37(38)15-8-18-41(46)48-40/h1-26H. The van der Waals surface area contributed by atoms with E-state index in [4.69, 9.17) is 8.83 Å². The van der Waals surface area contributed by atoms with Gasteiger partial charge in [-0.1, -0.05) is 121 Å². The third-order valence-corrected chi connectivity index (χ3v) is 10.2. The molecule has 0 N–H and O–H groups in total. The van der Waals surface area contributed by atoms with Crippen molar-refractivity contribution in [2.75, 3.05) is 0 Å². The molecule has 2 heteroatoms. The summed E-state index contributed by atoms with van der Waals surface area (Å²) in [4.78, 5) is 0. The Morgan fingerprint density at radius 3 is 1.56 bits per heavy atom. The van der Waals surface area contributed by atoms with Crippen LogP contribution in [-0.2, 0) is 0 Å². The molecule has 0 fully saturated rings. The second-order valence-corrected chi connectivity index (χ2v) is 12.8. The first kappa shape index (κ1) is 25.8. The molecule has 0 radical (unpaired) electrons. The Balaban J connectivity index is 1.13. The molecule has 2 heterocycles. The molecule has 11 aromatic rings. The second kappa shape index (κ2) is 9.57. The average molecular weight is 611 g/mol. The smallest absolute Gasteiger partial charge is 0.136 e. The predicted octanol–water partition coefficient (Wildman–Crippen LogP) is 13.4. The molecule has 0 saturated carbocycles. The highest BCUT2D eigenvalue weighted by atomic mass is 16.3. The maximum atomic E-state index is 6.33. The van der Waals surface area contributed by atoms with E-state index in [1.54, 1.807) is 0 Å². The van der Waals surface area contributed by atoms with Crippen molar-refractivity contribution in [3.05, 3.63) is 158 Å². The van der Waals surface area contributed by atoms with Gasteiger partial charge in [-0.3, -0.25) is 0 Å². The summed E-state index contributed by atoms with van der Waals surface area (Å²) >= 11 is 0. The monoisotopic (exact) mass is 610 g/mol. The van der Waals surface area contributed by atoms with Crippen molar-refractivity contribution in [2.45, 2.75) is 0 Å². The molecule has 9 aromatic carbocycles. The Labute approximate surface area is 275 Å². The van der Waals surface area contributed by atoms with Crippen molar-refractivity contribution in [3.8, 4) is 33.4 Å². The molecular formula is C46H26O2. The highest BCUT2D eigenvalue weighted by molar-refractivity contribution is 6.29. The topological polar surface area (TPSA) is 26.3 Å². The number of hydrogen-bond acceptors (Lipinski definition) is 2. The second-order valence-electron chi connectivity index (χ2n) is 12.8. The maximum absolute atomic E-state index is 6.33. The fourth-order valence-corrected chi connectivity index (χ4v) is 8.14. The zero-order chi connectivity index (χ0) is 31.3. The van der Waals surface area contributed by atoms with Crippen LogP contribution in [0.1, 0.15) is 0 Å². The van der Waals surface area contributed by atoms with Gasteiger partial charge in [-0.25, -0.2) is 0 Å². The summed E-state index contributed by atoms with van der Waals surface area (Å²) in [5.41, 5.74) is 11.0. The van der Waals surface area contributed by atoms with Gasteiger partial charge in [0.1, 0.15) is 22.3 Å². The Morgan fingerprint density at radius 2 is 0.812 bits per heavy atom. The highest BCUT2D eigenvalue weighted by Gasteiger charge is 2.21. The van der Waals surface area contributed by atoms with Crippen LogP contribution < -0.4 is 0 Å². The third kappa shape index (κ3) is 3.52. The van der Waals surface area contributed by atoms with Gasteiger partial charge in [0.2, 0.25) is 0 Å². The van der Waals surface area contributed by atoms with E-state index in [0.29, 0.717) is 0 Å². The SMILES string of the molecule is c1ccc2c(c1)oc1cc(-c3ccc(-c4c5ccccc5c(-c5cc6cccc7oc8cccc5c8c67)c5ccccc45)cc3)ccc12. The van der Waals surface area contributed by atoms with E-state index in [9.17, 15) is 0 Å². The van der Waals surface area contributed by atoms with Gasteiger partial charge < -0.3 is 8.83 Å². The molecule has 0 aliphatic heterocycles. The molecule has 0 atom stereocenters. The number of furan rings is 2. The maximum Gasteiger partial charge on any atom is 0.136 e.